The minimum Gasteiger partial charge on any atom is -0.489 e. The second kappa shape index (κ2) is 6.29. The second-order valence-electron chi connectivity index (χ2n) is 4.71. The molecule has 92 valence electrons. The van der Waals surface area contributed by atoms with Crippen molar-refractivity contribution in [1.82, 2.24) is 0 Å². The van der Waals surface area contributed by atoms with E-state index >= 15 is 0 Å². The van der Waals surface area contributed by atoms with Crippen molar-refractivity contribution in [3.63, 3.8) is 0 Å². The smallest absolute Gasteiger partial charge is 0.123 e. The third-order valence-corrected chi connectivity index (χ3v) is 2.63. The van der Waals surface area contributed by atoms with E-state index in [4.69, 9.17) is 4.74 Å². The predicted molar refractivity (Wildman–Crippen MR) is 74.7 cm³/mol. The zero-order valence-electron chi connectivity index (χ0n) is 11.1. The summed E-state index contributed by atoms with van der Waals surface area (Å²) in [5, 5.41) is 0. The van der Waals surface area contributed by atoms with Gasteiger partial charge in [0.05, 0.1) is 0 Å². The van der Waals surface area contributed by atoms with Crippen LogP contribution in [0.4, 0.5) is 0 Å². The lowest BCUT2D eigenvalue weighted by molar-refractivity contribution is 0.359. The first-order valence-electron chi connectivity index (χ1n) is 6.06. The number of benzene rings is 1. The van der Waals surface area contributed by atoms with E-state index in [1.807, 2.05) is 13.0 Å². The van der Waals surface area contributed by atoms with E-state index in [0.29, 0.717) is 12.5 Å². The van der Waals surface area contributed by atoms with Crippen molar-refractivity contribution in [2.75, 3.05) is 6.61 Å². The molecule has 0 aliphatic rings. The first-order valence-corrected chi connectivity index (χ1v) is 6.06. The number of ether oxygens (including phenoxy) is 1. The number of rotatable bonds is 6. The molecule has 0 fully saturated rings. The van der Waals surface area contributed by atoms with Crippen LogP contribution in [0.2, 0.25) is 0 Å². The lowest BCUT2D eigenvalue weighted by Crippen LogP contribution is -2.03. The fourth-order valence-corrected chi connectivity index (χ4v) is 1.90. The van der Waals surface area contributed by atoms with Gasteiger partial charge in [-0.25, -0.2) is 0 Å². The Hall–Kier alpha value is -1.50. The van der Waals surface area contributed by atoms with Crippen molar-refractivity contribution in [1.29, 1.82) is 0 Å². The fraction of sp³-hybridized carbons (Fsp3) is 0.375. The molecule has 0 atom stereocenters. The van der Waals surface area contributed by atoms with Gasteiger partial charge in [0.2, 0.25) is 0 Å². The highest BCUT2D eigenvalue weighted by Crippen LogP contribution is 2.29. The van der Waals surface area contributed by atoms with Gasteiger partial charge in [-0.1, -0.05) is 50.8 Å². The summed E-state index contributed by atoms with van der Waals surface area (Å²) in [7, 11) is 0. The molecule has 0 aromatic heterocycles. The van der Waals surface area contributed by atoms with Gasteiger partial charge >= 0.3 is 0 Å². The van der Waals surface area contributed by atoms with E-state index < -0.39 is 0 Å². The van der Waals surface area contributed by atoms with Gasteiger partial charge in [-0.3, -0.25) is 0 Å². The summed E-state index contributed by atoms with van der Waals surface area (Å²) in [5.74, 6) is 1.45. The molecule has 0 heterocycles. The minimum atomic E-state index is 0.497. The zero-order valence-corrected chi connectivity index (χ0v) is 11.1. The van der Waals surface area contributed by atoms with Crippen LogP contribution in [0.25, 0.3) is 0 Å². The molecule has 1 rings (SSSR count). The van der Waals surface area contributed by atoms with Crippen molar-refractivity contribution in [2.45, 2.75) is 33.1 Å². The summed E-state index contributed by atoms with van der Waals surface area (Å²) >= 11 is 0. The normalized spacial score (nSPS) is 10.4. The van der Waals surface area contributed by atoms with Crippen LogP contribution in [-0.4, -0.2) is 6.61 Å². The van der Waals surface area contributed by atoms with E-state index in [1.165, 1.54) is 11.1 Å². The van der Waals surface area contributed by atoms with Gasteiger partial charge in [-0.2, -0.15) is 0 Å². The quantitative estimate of drug-likeness (QED) is 0.654. The summed E-state index contributed by atoms with van der Waals surface area (Å²) in [4.78, 5) is 0. The van der Waals surface area contributed by atoms with Crippen molar-refractivity contribution < 1.29 is 4.74 Å². The fourth-order valence-electron chi connectivity index (χ4n) is 1.90. The summed E-state index contributed by atoms with van der Waals surface area (Å²) in [6, 6.07) is 6.24. The van der Waals surface area contributed by atoms with Gasteiger partial charge in [0.15, 0.2) is 0 Å². The molecule has 1 nitrogen and oxygen atoms in total. The second-order valence-corrected chi connectivity index (χ2v) is 4.71. The van der Waals surface area contributed by atoms with Crippen LogP contribution >= 0.6 is 0 Å². The molecule has 0 saturated heterocycles. The van der Waals surface area contributed by atoms with Crippen LogP contribution < -0.4 is 4.74 Å². The number of hydrogen-bond acceptors (Lipinski definition) is 1. The van der Waals surface area contributed by atoms with Gasteiger partial charge in [0.1, 0.15) is 12.4 Å². The molecule has 0 saturated carbocycles. The Morgan fingerprint density at radius 3 is 2.65 bits per heavy atom. The molecule has 1 heteroatoms. The van der Waals surface area contributed by atoms with Crippen LogP contribution in [0.15, 0.2) is 43.0 Å². The summed E-state index contributed by atoms with van der Waals surface area (Å²) in [6.07, 6.45) is 2.65. The Kier molecular flexibility index (Phi) is 5.02. The average Bonchev–Trinajstić information content (AvgIpc) is 2.26. The lowest BCUT2D eigenvalue weighted by Gasteiger charge is -2.17. The Bertz CT molecular complexity index is 402. The maximum absolute atomic E-state index is 5.72. The van der Waals surface area contributed by atoms with E-state index in [2.05, 4.69) is 39.1 Å². The van der Waals surface area contributed by atoms with Crippen molar-refractivity contribution >= 4 is 0 Å². The predicted octanol–water partition coefficient (Wildman–Crippen LogP) is 4.49. The highest BCUT2D eigenvalue weighted by molar-refractivity contribution is 5.44. The molecule has 1 aromatic rings. The Morgan fingerprint density at radius 1 is 1.41 bits per heavy atom. The monoisotopic (exact) mass is 230 g/mol. The van der Waals surface area contributed by atoms with Crippen molar-refractivity contribution in [2.24, 2.45) is 0 Å². The summed E-state index contributed by atoms with van der Waals surface area (Å²) in [5.41, 5.74) is 3.76. The standard InChI is InChI=1S/C16H22O/c1-6-10-17-16-9-7-8-14(13(4)5)15(16)11-12(2)3/h6-9,13H,1-2,10-11H2,3-5H3. The molecule has 0 bridgehead atoms. The summed E-state index contributed by atoms with van der Waals surface area (Å²) in [6.45, 7) is 14.7. The average molecular weight is 230 g/mol. The van der Waals surface area contributed by atoms with E-state index in [0.717, 1.165) is 17.7 Å². The Labute approximate surface area is 105 Å². The lowest BCUT2D eigenvalue weighted by atomic mass is 9.93. The first-order chi connectivity index (χ1) is 8.06. The molecule has 0 amide bonds. The Balaban J connectivity index is 3.13. The molecule has 17 heavy (non-hydrogen) atoms. The van der Waals surface area contributed by atoms with Crippen LogP contribution in [0, 0.1) is 0 Å². The topological polar surface area (TPSA) is 9.23 Å². The third-order valence-electron chi connectivity index (χ3n) is 2.63. The molecular weight excluding hydrogens is 208 g/mol. The molecule has 0 spiro atoms. The zero-order chi connectivity index (χ0) is 12.8. The Morgan fingerprint density at radius 2 is 2.12 bits per heavy atom. The van der Waals surface area contributed by atoms with Crippen LogP contribution in [0.1, 0.15) is 37.8 Å². The van der Waals surface area contributed by atoms with Gasteiger partial charge < -0.3 is 4.74 Å². The molecule has 0 radical (unpaired) electrons. The van der Waals surface area contributed by atoms with Gasteiger partial charge in [0.25, 0.3) is 0 Å². The van der Waals surface area contributed by atoms with Crippen molar-refractivity contribution in [3.8, 4) is 5.75 Å². The minimum absolute atomic E-state index is 0.497. The molecule has 0 aliphatic carbocycles. The van der Waals surface area contributed by atoms with E-state index in [9.17, 15) is 0 Å². The molecule has 0 unspecified atom stereocenters. The molecule has 0 N–H and O–H groups in total. The van der Waals surface area contributed by atoms with Gasteiger partial charge in [0, 0.05) is 5.56 Å². The molecule has 0 aliphatic heterocycles. The number of allylic oxidation sites excluding steroid dienone is 1. The first kappa shape index (κ1) is 13.6. The maximum Gasteiger partial charge on any atom is 0.123 e. The highest BCUT2D eigenvalue weighted by atomic mass is 16.5. The highest BCUT2D eigenvalue weighted by Gasteiger charge is 2.12. The van der Waals surface area contributed by atoms with E-state index in [-0.39, 0.29) is 0 Å². The molecule has 1 aromatic carbocycles. The number of hydrogen-bond donors (Lipinski definition) is 0. The van der Waals surface area contributed by atoms with E-state index in [1.54, 1.807) is 6.08 Å². The molecular formula is C16H22O. The third kappa shape index (κ3) is 3.77. The summed E-state index contributed by atoms with van der Waals surface area (Å²) < 4.78 is 5.72. The SMILES string of the molecule is C=CCOc1cccc(C(C)C)c1CC(=C)C. The van der Waals surface area contributed by atoms with Crippen LogP contribution in [0.3, 0.4) is 0 Å². The van der Waals surface area contributed by atoms with Crippen LogP contribution in [-0.2, 0) is 6.42 Å². The van der Waals surface area contributed by atoms with Gasteiger partial charge in [-0.15, -0.1) is 0 Å². The largest absolute Gasteiger partial charge is 0.489 e. The van der Waals surface area contributed by atoms with Crippen LogP contribution in [0.5, 0.6) is 5.75 Å². The van der Waals surface area contributed by atoms with Gasteiger partial charge in [-0.05, 0) is 30.9 Å². The maximum atomic E-state index is 5.72. The van der Waals surface area contributed by atoms with Crippen molar-refractivity contribution in [3.05, 3.63) is 54.1 Å².